The van der Waals surface area contributed by atoms with Crippen molar-refractivity contribution in [2.24, 2.45) is 5.92 Å². The lowest BCUT2D eigenvalue weighted by Crippen LogP contribution is -2.26. The number of hydrogen-bond donors (Lipinski definition) is 0. The molecule has 2 aromatic carbocycles. The average molecular weight is 350 g/mol. The van der Waals surface area contributed by atoms with Gasteiger partial charge in [-0.2, -0.15) is 0 Å². The summed E-state index contributed by atoms with van der Waals surface area (Å²) < 4.78 is 10.1. The number of carbonyl (C=O) groups excluding carboxylic acids is 2. The van der Waals surface area contributed by atoms with E-state index in [1.807, 2.05) is 30.3 Å². The average Bonchev–Trinajstić information content (AvgIpc) is 2.70. The van der Waals surface area contributed by atoms with Crippen LogP contribution in [0.1, 0.15) is 21.8 Å². The van der Waals surface area contributed by atoms with Crippen molar-refractivity contribution in [1.82, 2.24) is 0 Å². The summed E-state index contributed by atoms with van der Waals surface area (Å²) in [6.07, 6.45) is 1.54. The van der Waals surface area contributed by atoms with Crippen molar-refractivity contribution in [2.45, 2.75) is 5.92 Å². The first-order chi connectivity index (χ1) is 12.5. The molecule has 134 valence electrons. The van der Waals surface area contributed by atoms with Crippen LogP contribution in [0.2, 0.25) is 0 Å². The van der Waals surface area contributed by atoms with Gasteiger partial charge in [0, 0.05) is 11.5 Å². The second-order valence-electron chi connectivity index (χ2n) is 5.73. The minimum absolute atomic E-state index is 0.198. The van der Waals surface area contributed by atoms with Gasteiger partial charge in [0.05, 0.1) is 25.7 Å². The number of esters is 1. The van der Waals surface area contributed by atoms with E-state index in [1.165, 1.54) is 14.2 Å². The fourth-order valence-corrected chi connectivity index (χ4v) is 2.97. The third kappa shape index (κ3) is 3.91. The van der Waals surface area contributed by atoms with E-state index in [0.717, 1.165) is 5.56 Å². The normalized spacial score (nSPS) is 12.5. The molecule has 0 heterocycles. The Morgan fingerprint density at radius 3 is 2.19 bits per heavy atom. The van der Waals surface area contributed by atoms with Crippen molar-refractivity contribution in [3.63, 3.8) is 0 Å². The van der Waals surface area contributed by atoms with Crippen molar-refractivity contribution in [2.75, 3.05) is 14.2 Å². The van der Waals surface area contributed by atoms with Gasteiger partial charge >= 0.3 is 5.97 Å². The lowest BCUT2D eigenvalue weighted by Gasteiger charge is -2.25. The molecule has 0 spiro atoms. The van der Waals surface area contributed by atoms with Crippen molar-refractivity contribution >= 4 is 11.8 Å². The number of Topliss-reactive ketones (excluding diaryl/α,β-unsaturated/α-hetero) is 1. The summed E-state index contributed by atoms with van der Waals surface area (Å²) >= 11 is 0. The lowest BCUT2D eigenvalue weighted by atomic mass is 9.77. The van der Waals surface area contributed by atoms with Gasteiger partial charge in [0.2, 0.25) is 0 Å². The summed E-state index contributed by atoms with van der Waals surface area (Å²) in [5.74, 6) is -1.56. The molecule has 0 radical (unpaired) electrons. The fraction of sp³-hybridized carbons (Fsp3) is 0.182. The van der Waals surface area contributed by atoms with Gasteiger partial charge in [0.1, 0.15) is 5.75 Å². The van der Waals surface area contributed by atoms with Gasteiger partial charge in [-0.05, 0) is 17.7 Å². The molecule has 0 N–H and O–H groups in total. The molecule has 0 unspecified atom stereocenters. The van der Waals surface area contributed by atoms with E-state index in [-0.39, 0.29) is 11.4 Å². The summed E-state index contributed by atoms with van der Waals surface area (Å²) in [6.45, 7) is 7.71. The smallest absolute Gasteiger partial charge is 0.333 e. The van der Waals surface area contributed by atoms with Gasteiger partial charge < -0.3 is 9.47 Å². The Bertz CT molecular complexity index is 808. The number of carbonyl (C=O) groups is 2. The highest BCUT2D eigenvalue weighted by Gasteiger charge is 2.34. The maximum atomic E-state index is 13.2. The van der Waals surface area contributed by atoms with E-state index >= 15 is 0 Å². The Hall–Kier alpha value is -3.14. The second-order valence-corrected chi connectivity index (χ2v) is 5.73. The minimum Gasteiger partial charge on any atom is -0.496 e. The summed E-state index contributed by atoms with van der Waals surface area (Å²) in [5, 5.41) is 0. The van der Waals surface area contributed by atoms with Crippen LogP contribution in [0.15, 0.2) is 79.4 Å². The first kappa shape index (κ1) is 19.2. The molecular formula is C22H22O4. The number of methoxy groups -OCH3 is 2. The van der Waals surface area contributed by atoms with E-state index < -0.39 is 17.8 Å². The first-order valence-corrected chi connectivity index (χ1v) is 8.17. The highest BCUT2D eigenvalue weighted by atomic mass is 16.5. The third-order valence-electron chi connectivity index (χ3n) is 4.27. The molecule has 0 bridgehead atoms. The molecule has 0 saturated carbocycles. The molecule has 2 rings (SSSR count). The Labute approximate surface area is 153 Å². The molecule has 2 aromatic rings. The van der Waals surface area contributed by atoms with E-state index in [4.69, 9.17) is 9.47 Å². The van der Waals surface area contributed by atoms with Crippen molar-refractivity contribution < 1.29 is 19.1 Å². The third-order valence-corrected chi connectivity index (χ3v) is 4.27. The summed E-state index contributed by atoms with van der Waals surface area (Å²) in [4.78, 5) is 25.4. The maximum absolute atomic E-state index is 13.2. The predicted octanol–water partition coefficient (Wildman–Crippen LogP) is 4.19. The second kappa shape index (κ2) is 8.81. The van der Waals surface area contributed by atoms with E-state index in [1.54, 1.807) is 30.3 Å². The molecule has 0 aromatic heterocycles. The quantitative estimate of drug-likeness (QED) is 0.310. The van der Waals surface area contributed by atoms with Crippen LogP contribution in [0, 0.1) is 5.92 Å². The van der Waals surface area contributed by atoms with Crippen LogP contribution >= 0.6 is 0 Å². The lowest BCUT2D eigenvalue weighted by molar-refractivity contribution is -0.136. The van der Waals surface area contributed by atoms with E-state index in [9.17, 15) is 9.59 Å². The standard InChI is InChI=1S/C22H22O4/c1-5-17(21(23)18-13-9-10-14-19(18)25-3)20(15(2)22(24)26-4)16-11-7-6-8-12-16/h5-14,17,20H,1-2H2,3-4H3/t17-,20-/m0/s1. The molecule has 0 amide bonds. The molecular weight excluding hydrogens is 328 g/mol. The zero-order chi connectivity index (χ0) is 19.1. The van der Waals surface area contributed by atoms with E-state index in [0.29, 0.717) is 11.3 Å². The van der Waals surface area contributed by atoms with Gasteiger partial charge in [-0.15, -0.1) is 6.58 Å². The van der Waals surface area contributed by atoms with Gasteiger partial charge in [-0.1, -0.05) is 55.1 Å². The number of allylic oxidation sites excluding steroid dienone is 1. The molecule has 4 heteroatoms. The Morgan fingerprint density at radius 1 is 1.00 bits per heavy atom. The minimum atomic E-state index is -0.694. The number of ether oxygens (including phenoxy) is 2. The van der Waals surface area contributed by atoms with Gasteiger partial charge in [-0.3, -0.25) is 4.79 Å². The SMILES string of the molecule is C=C[C@H](C(=O)c1ccccc1OC)[C@@H](C(=C)C(=O)OC)c1ccccc1. The molecule has 0 saturated heterocycles. The molecule has 0 fully saturated rings. The van der Waals surface area contributed by atoms with Crippen molar-refractivity contribution in [1.29, 1.82) is 0 Å². The maximum Gasteiger partial charge on any atom is 0.333 e. The Balaban J connectivity index is 2.53. The molecule has 4 nitrogen and oxygen atoms in total. The largest absolute Gasteiger partial charge is 0.496 e. The van der Waals surface area contributed by atoms with E-state index in [2.05, 4.69) is 13.2 Å². The fourth-order valence-electron chi connectivity index (χ4n) is 2.97. The van der Waals surface area contributed by atoms with Gasteiger partial charge in [-0.25, -0.2) is 4.79 Å². The summed E-state index contributed by atoms with van der Waals surface area (Å²) in [6, 6.07) is 16.2. The van der Waals surface area contributed by atoms with Crippen LogP contribution in [0.25, 0.3) is 0 Å². The first-order valence-electron chi connectivity index (χ1n) is 8.17. The van der Waals surface area contributed by atoms with Crippen LogP contribution in [0.4, 0.5) is 0 Å². The molecule has 0 aliphatic heterocycles. The number of para-hydroxylation sites is 1. The molecule has 26 heavy (non-hydrogen) atoms. The van der Waals surface area contributed by atoms with Crippen LogP contribution < -0.4 is 4.74 Å². The van der Waals surface area contributed by atoms with Crippen molar-refractivity contribution in [3.8, 4) is 5.75 Å². The Morgan fingerprint density at radius 2 is 1.62 bits per heavy atom. The number of ketones is 1. The van der Waals surface area contributed by atoms with Gasteiger partial charge in [0.15, 0.2) is 5.78 Å². The molecule has 0 aliphatic carbocycles. The number of hydrogen-bond acceptors (Lipinski definition) is 4. The topological polar surface area (TPSA) is 52.6 Å². The van der Waals surface area contributed by atoms with Gasteiger partial charge in [0.25, 0.3) is 0 Å². The van der Waals surface area contributed by atoms with Crippen LogP contribution in [-0.2, 0) is 9.53 Å². The van der Waals surface area contributed by atoms with Crippen molar-refractivity contribution in [3.05, 3.63) is 90.5 Å². The summed E-state index contributed by atoms with van der Waals surface area (Å²) in [7, 11) is 2.80. The highest BCUT2D eigenvalue weighted by Crippen LogP contribution is 2.36. The molecule has 0 aliphatic rings. The highest BCUT2D eigenvalue weighted by molar-refractivity contribution is 6.03. The van der Waals surface area contributed by atoms with Crippen LogP contribution in [0.5, 0.6) is 5.75 Å². The van der Waals surface area contributed by atoms with Crippen LogP contribution in [-0.4, -0.2) is 26.0 Å². The summed E-state index contributed by atoms with van der Waals surface area (Å²) in [5.41, 5.74) is 1.42. The van der Waals surface area contributed by atoms with Crippen LogP contribution in [0.3, 0.4) is 0 Å². The number of benzene rings is 2. The zero-order valence-corrected chi connectivity index (χ0v) is 15.0. The Kier molecular flexibility index (Phi) is 6.50. The monoisotopic (exact) mass is 350 g/mol. The zero-order valence-electron chi connectivity index (χ0n) is 15.0. The predicted molar refractivity (Wildman–Crippen MR) is 101 cm³/mol. The number of rotatable bonds is 8. The molecule has 2 atom stereocenters.